The summed E-state index contributed by atoms with van der Waals surface area (Å²) in [7, 11) is 0. The third-order valence-corrected chi connectivity index (χ3v) is 3.25. The smallest absolute Gasteiger partial charge is 0.222 e. The molecular formula is C10H12BrN5S. The van der Waals surface area contributed by atoms with Crippen molar-refractivity contribution < 1.29 is 0 Å². The minimum atomic E-state index is 0.630. The molecule has 0 aromatic carbocycles. The maximum atomic E-state index is 4.31. The highest BCUT2D eigenvalue weighted by Gasteiger charge is 1.97. The van der Waals surface area contributed by atoms with Crippen LogP contribution < -0.4 is 10.6 Å². The summed E-state index contributed by atoms with van der Waals surface area (Å²) in [5, 5.41) is 9.31. The zero-order chi connectivity index (χ0) is 12.1. The Kier molecular flexibility index (Phi) is 4.27. The molecule has 0 bridgehead atoms. The van der Waals surface area contributed by atoms with E-state index in [0.717, 1.165) is 28.4 Å². The molecule has 7 heteroatoms. The Morgan fingerprint density at radius 1 is 1.24 bits per heavy atom. The van der Waals surface area contributed by atoms with E-state index in [-0.39, 0.29) is 0 Å². The Morgan fingerprint density at radius 3 is 2.59 bits per heavy atom. The van der Waals surface area contributed by atoms with E-state index in [1.54, 1.807) is 23.7 Å². The first-order chi connectivity index (χ1) is 8.24. The number of nitrogens with one attached hydrogen (secondary N) is 2. The Balaban J connectivity index is 1.71. The SMILES string of the molecule is Cc1csc(NCCNc2ncc(Br)cn2)n1. The van der Waals surface area contributed by atoms with Gasteiger partial charge in [-0.15, -0.1) is 11.3 Å². The molecule has 2 rings (SSSR count). The molecule has 2 aromatic heterocycles. The molecule has 0 aliphatic rings. The van der Waals surface area contributed by atoms with Crippen LogP contribution in [0.3, 0.4) is 0 Å². The first-order valence-corrected chi connectivity index (χ1v) is 6.79. The summed E-state index contributed by atoms with van der Waals surface area (Å²) in [6.45, 7) is 3.52. The number of aryl methyl sites for hydroxylation is 1. The minimum absolute atomic E-state index is 0.630. The van der Waals surface area contributed by atoms with Crippen molar-refractivity contribution in [3.63, 3.8) is 0 Å². The fraction of sp³-hybridized carbons (Fsp3) is 0.300. The lowest BCUT2D eigenvalue weighted by molar-refractivity contribution is 1.02. The molecule has 0 atom stereocenters. The highest BCUT2D eigenvalue weighted by atomic mass is 79.9. The molecule has 2 heterocycles. The van der Waals surface area contributed by atoms with Gasteiger partial charge in [0.1, 0.15) is 0 Å². The molecule has 0 saturated carbocycles. The molecule has 2 N–H and O–H groups in total. The van der Waals surface area contributed by atoms with Crippen LogP contribution in [-0.4, -0.2) is 28.0 Å². The Bertz CT molecular complexity index is 470. The lowest BCUT2D eigenvalue weighted by atomic mass is 10.6. The minimum Gasteiger partial charge on any atom is -0.360 e. The molecule has 17 heavy (non-hydrogen) atoms. The van der Waals surface area contributed by atoms with E-state index >= 15 is 0 Å². The van der Waals surface area contributed by atoms with E-state index < -0.39 is 0 Å². The maximum absolute atomic E-state index is 4.31. The first kappa shape index (κ1) is 12.3. The largest absolute Gasteiger partial charge is 0.360 e. The summed E-state index contributed by atoms with van der Waals surface area (Å²) in [4.78, 5) is 12.5. The molecule has 90 valence electrons. The van der Waals surface area contributed by atoms with Gasteiger partial charge in [-0.2, -0.15) is 0 Å². The number of hydrogen-bond donors (Lipinski definition) is 2. The van der Waals surface area contributed by atoms with E-state index in [2.05, 4.69) is 41.5 Å². The van der Waals surface area contributed by atoms with Crippen LogP contribution in [-0.2, 0) is 0 Å². The Hall–Kier alpha value is -1.21. The van der Waals surface area contributed by atoms with E-state index in [1.165, 1.54) is 0 Å². The number of thiazole rings is 1. The molecule has 0 unspecified atom stereocenters. The summed E-state index contributed by atoms with van der Waals surface area (Å²) < 4.78 is 0.874. The maximum Gasteiger partial charge on any atom is 0.222 e. The average molecular weight is 314 g/mol. The predicted molar refractivity (Wildman–Crippen MR) is 73.6 cm³/mol. The van der Waals surface area contributed by atoms with Crippen LogP contribution in [0.2, 0.25) is 0 Å². The predicted octanol–water partition coefficient (Wildman–Crippen LogP) is 2.53. The summed E-state index contributed by atoms with van der Waals surface area (Å²) in [5.41, 5.74) is 1.04. The van der Waals surface area contributed by atoms with Gasteiger partial charge in [-0.05, 0) is 22.9 Å². The average Bonchev–Trinajstić information content (AvgIpc) is 2.73. The molecule has 5 nitrogen and oxygen atoms in total. The van der Waals surface area contributed by atoms with Gasteiger partial charge in [0.25, 0.3) is 0 Å². The van der Waals surface area contributed by atoms with Crippen LogP contribution in [0.15, 0.2) is 22.2 Å². The molecule has 2 aromatic rings. The number of nitrogens with zero attached hydrogens (tertiary/aromatic N) is 3. The summed E-state index contributed by atoms with van der Waals surface area (Å²) >= 11 is 4.90. The van der Waals surface area contributed by atoms with Gasteiger partial charge in [-0.1, -0.05) is 0 Å². The van der Waals surface area contributed by atoms with Crippen molar-refractivity contribution >= 4 is 38.3 Å². The van der Waals surface area contributed by atoms with Crippen LogP contribution >= 0.6 is 27.3 Å². The molecule has 0 fully saturated rings. The number of hydrogen-bond acceptors (Lipinski definition) is 6. The van der Waals surface area contributed by atoms with Crippen molar-refractivity contribution in [2.45, 2.75) is 6.92 Å². The number of rotatable bonds is 5. The topological polar surface area (TPSA) is 62.7 Å². The standard InChI is InChI=1S/C10H12BrN5S/c1-7-6-17-10(16-7)13-3-2-12-9-14-4-8(11)5-15-9/h4-6H,2-3H2,1H3,(H,13,16)(H,12,14,15). The van der Waals surface area contributed by atoms with Crippen molar-refractivity contribution in [1.29, 1.82) is 0 Å². The molecule has 0 aliphatic carbocycles. The monoisotopic (exact) mass is 313 g/mol. The number of anilines is 2. The van der Waals surface area contributed by atoms with Crippen molar-refractivity contribution in [3.8, 4) is 0 Å². The molecule has 0 aliphatic heterocycles. The highest BCUT2D eigenvalue weighted by molar-refractivity contribution is 9.10. The van der Waals surface area contributed by atoms with Crippen molar-refractivity contribution in [3.05, 3.63) is 27.9 Å². The zero-order valence-corrected chi connectivity index (χ0v) is 11.7. The van der Waals surface area contributed by atoms with Gasteiger partial charge >= 0.3 is 0 Å². The van der Waals surface area contributed by atoms with Crippen molar-refractivity contribution in [2.24, 2.45) is 0 Å². The number of aromatic nitrogens is 3. The van der Waals surface area contributed by atoms with Gasteiger partial charge in [-0.3, -0.25) is 0 Å². The van der Waals surface area contributed by atoms with Crippen LogP contribution in [0, 0.1) is 6.92 Å². The Labute approximate surface area is 112 Å². The molecular weight excluding hydrogens is 302 g/mol. The third-order valence-electron chi connectivity index (χ3n) is 1.92. The Morgan fingerprint density at radius 2 is 1.94 bits per heavy atom. The molecule has 0 saturated heterocycles. The zero-order valence-electron chi connectivity index (χ0n) is 9.27. The molecule has 0 spiro atoms. The second kappa shape index (κ2) is 5.92. The van der Waals surface area contributed by atoms with Crippen molar-refractivity contribution in [1.82, 2.24) is 15.0 Å². The van der Waals surface area contributed by atoms with Gasteiger partial charge in [0, 0.05) is 30.9 Å². The van der Waals surface area contributed by atoms with Crippen LogP contribution in [0.5, 0.6) is 0 Å². The lowest BCUT2D eigenvalue weighted by Gasteiger charge is -2.04. The quantitative estimate of drug-likeness (QED) is 0.831. The second-order valence-corrected chi connectivity index (χ2v) is 5.15. The van der Waals surface area contributed by atoms with Gasteiger partial charge < -0.3 is 10.6 Å². The fourth-order valence-electron chi connectivity index (χ4n) is 1.18. The van der Waals surface area contributed by atoms with Gasteiger partial charge in [-0.25, -0.2) is 15.0 Å². The van der Waals surface area contributed by atoms with Crippen molar-refractivity contribution in [2.75, 3.05) is 23.7 Å². The van der Waals surface area contributed by atoms with Crippen LogP contribution in [0.4, 0.5) is 11.1 Å². The lowest BCUT2D eigenvalue weighted by Crippen LogP contribution is -2.14. The van der Waals surface area contributed by atoms with E-state index in [9.17, 15) is 0 Å². The van der Waals surface area contributed by atoms with Gasteiger partial charge in [0.2, 0.25) is 5.95 Å². The van der Waals surface area contributed by atoms with Crippen LogP contribution in [0.1, 0.15) is 5.69 Å². The van der Waals surface area contributed by atoms with Gasteiger partial charge in [0.05, 0.1) is 10.2 Å². The summed E-state index contributed by atoms with van der Waals surface area (Å²) in [6.07, 6.45) is 3.43. The normalized spacial score (nSPS) is 10.2. The number of halogens is 1. The first-order valence-electron chi connectivity index (χ1n) is 5.11. The summed E-state index contributed by atoms with van der Waals surface area (Å²) in [6, 6.07) is 0. The van der Waals surface area contributed by atoms with Gasteiger partial charge in [0.15, 0.2) is 5.13 Å². The second-order valence-electron chi connectivity index (χ2n) is 3.37. The van der Waals surface area contributed by atoms with E-state index in [1.807, 2.05) is 12.3 Å². The summed E-state index contributed by atoms with van der Waals surface area (Å²) in [5.74, 6) is 0.630. The van der Waals surface area contributed by atoms with E-state index in [4.69, 9.17) is 0 Å². The fourth-order valence-corrected chi connectivity index (χ4v) is 2.10. The van der Waals surface area contributed by atoms with E-state index in [0.29, 0.717) is 5.95 Å². The molecule has 0 radical (unpaired) electrons. The van der Waals surface area contributed by atoms with Crippen LogP contribution in [0.25, 0.3) is 0 Å². The highest BCUT2D eigenvalue weighted by Crippen LogP contribution is 2.13. The molecule has 0 amide bonds. The third kappa shape index (κ3) is 3.94.